The molecular weight excluding hydrogens is 466 g/mol. The van der Waals surface area contributed by atoms with E-state index in [-0.39, 0.29) is 17.4 Å². The Morgan fingerprint density at radius 1 is 1.30 bits per heavy atom. The third-order valence-electron chi connectivity index (χ3n) is 6.11. The first-order valence-electron chi connectivity index (χ1n) is 11.2. The van der Waals surface area contributed by atoms with E-state index in [4.69, 9.17) is 0 Å². The number of aliphatic imine (C=N–C) groups is 1. The third kappa shape index (κ3) is 5.84. The van der Waals surface area contributed by atoms with Crippen LogP contribution in [0.4, 0.5) is 21.5 Å². The molecule has 2 fully saturated rings. The van der Waals surface area contributed by atoms with Crippen LogP contribution in [0, 0.1) is 5.82 Å². The van der Waals surface area contributed by atoms with Gasteiger partial charge in [-0.05, 0) is 25.3 Å². The number of carbonyl (C=O) groups is 1. The molecule has 2 aliphatic rings. The number of rotatable bonds is 8. The number of pyridine rings is 1. The van der Waals surface area contributed by atoms with Crippen LogP contribution in [0.2, 0.25) is 0 Å². The summed E-state index contributed by atoms with van der Waals surface area (Å²) in [5.74, 6) is -0.481. The zero-order valence-corrected chi connectivity index (χ0v) is 19.6. The van der Waals surface area contributed by atoms with Crippen molar-refractivity contribution in [3.63, 3.8) is 0 Å². The average Bonchev–Trinajstić information content (AvgIpc) is 2.79. The molecule has 33 heavy (non-hydrogen) atoms. The second-order valence-electron chi connectivity index (χ2n) is 8.32. The summed E-state index contributed by atoms with van der Waals surface area (Å²) in [5, 5.41) is 7.41. The van der Waals surface area contributed by atoms with E-state index in [2.05, 4.69) is 51.9 Å². The van der Waals surface area contributed by atoms with E-state index in [0.29, 0.717) is 24.0 Å². The predicted octanol–water partition coefficient (Wildman–Crippen LogP) is 3.14. The Bertz CT molecular complexity index is 1020. The van der Waals surface area contributed by atoms with Gasteiger partial charge in [-0.2, -0.15) is 0 Å². The van der Waals surface area contributed by atoms with Gasteiger partial charge in [0, 0.05) is 6.04 Å². The Labute approximate surface area is 201 Å². The van der Waals surface area contributed by atoms with Crippen LogP contribution in [0.1, 0.15) is 42.2 Å². The fraction of sp³-hybridized carbons (Fsp3) is 0.417. The molecule has 1 aliphatic carbocycles. The van der Waals surface area contributed by atoms with Crippen molar-refractivity contribution >= 4 is 34.3 Å². The molecule has 1 saturated carbocycles. The normalized spacial score (nSPS) is 17.1. The monoisotopic (exact) mass is 494 g/mol. The van der Waals surface area contributed by atoms with Gasteiger partial charge >= 0.3 is 144 Å². The van der Waals surface area contributed by atoms with Gasteiger partial charge in [-0.1, -0.05) is 0 Å². The molecule has 0 bridgehead atoms. The molecule has 2 heterocycles. The minimum absolute atomic E-state index is 0.0962. The number of halogens is 1. The molecule has 1 amide bonds. The summed E-state index contributed by atoms with van der Waals surface area (Å²) in [6.45, 7) is 5.63. The summed E-state index contributed by atoms with van der Waals surface area (Å²) < 4.78 is 14.6. The summed E-state index contributed by atoms with van der Waals surface area (Å²) in [5.41, 5.74) is 3.14. The van der Waals surface area contributed by atoms with Gasteiger partial charge in [0.15, 0.2) is 0 Å². The number of piperazine rings is 1. The van der Waals surface area contributed by atoms with E-state index in [1.54, 1.807) is 19.2 Å². The van der Waals surface area contributed by atoms with Crippen LogP contribution in [0.3, 0.4) is 0 Å². The Morgan fingerprint density at radius 3 is 2.70 bits per heavy atom. The first kappa shape index (κ1) is 23.5. The third-order valence-corrected chi connectivity index (χ3v) is 6.27. The van der Waals surface area contributed by atoms with E-state index in [1.807, 2.05) is 12.1 Å². The van der Waals surface area contributed by atoms with Crippen molar-refractivity contribution in [1.82, 2.24) is 15.2 Å². The molecule has 0 atom stereocenters. The van der Waals surface area contributed by atoms with Gasteiger partial charge in [-0.15, -0.1) is 0 Å². The number of amides is 1. The molecular formula is C24H28CoFN6O-. The van der Waals surface area contributed by atoms with Crippen molar-refractivity contribution in [1.29, 1.82) is 0 Å². The molecule has 2 N–H and O–H groups in total. The van der Waals surface area contributed by atoms with Gasteiger partial charge in [0.1, 0.15) is 5.69 Å². The molecule has 0 unspecified atom stereocenters. The van der Waals surface area contributed by atoms with Crippen molar-refractivity contribution in [3.05, 3.63) is 47.5 Å². The molecule has 7 nitrogen and oxygen atoms in total. The van der Waals surface area contributed by atoms with Crippen molar-refractivity contribution in [3.8, 4) is 0 Å². The topological polar surface area (TPSA) is 72.9 Å². The van der Waals surface area contributed by atoms with E-state index < -0.39 is 0 Å². The molecule has 9 heteroatoms. The van der Waals surface area contributed by atoms with Gasteiger partial charge in [-0.3, -0.25) is 4.79 Å². The van der Waals surface area contributed by atoms with Crippen LogP contribution in [0.5, 0.6) is 0 Å². The Hall–Kier alpha value is -2.62. The number of benzene rings is 1. The van der Waals surface area contributed by atoms with Gasteiger partial charge in [0.05, 0.1) is 0 Å². The number of nitrogens with zero attached hydrogens (tertiary/aromatic N) is 4. The van der Waals surface area contributed by atoms with Gasteiger partial charge in [-0.25, -0.2) is 4.98 Å². The standard InChI is InChI=1S/C24H28FN6O.Co/c1-3-27-23-20(25)13-17(14-22(23)26-2)16-30-9-11-31(12-10-30)19-7-8-21(28-15-19)24(32)29-18-5-4-6-18;/h2,7-8,13-15,18,26H,4-6,9-12,16H2,1H3,(H,29,32);/q-1;. The fourth-order valence-corrected chi connectivity index (χ4v) is 4.24. The molecule has 1 saturated heterocycles. The zero-order chi connectivity index (χ0) is 23.2. The van der Waals surface area contributed by atoms with Crippen LogP contribution in [0.15, 0.2) is 35.5 Å². The summed E-state index contributed by atoms with van der Waals surface area (Å²) in [7, 11) is 0. The molecule has 0 radical (unpaired) electrons. The predicted molar refractivity (Wildman–Crippen MR) is 126 cm³/mol. The van der Waals surface area contributed by atoms with E-state index in [0.717, 1.165) is 50.3 Å². The van der Waals surface area contributed by atoms with Gasteiger partial charge in [0.2, 0.25) is 0 Å². The van der Waals surface area contributed by atoms with Crippen molar-refractivity contribution in [2.45, 2.75) is 38.8 Å². The SMILES string of the molecule is C[C-]=Nc1c(F)cc(CN2CCN(c3ccc(C(=O)NC4CCC4)nc3)CC2)cc1N[CH]=[Co]. The summed E-state index contributed by atoms with van der Waals surface area (Å²) in [4.78, 5) is 25.2. The number of nitrogens with one attached hydrogen (secondary N) is 2. The maximum atomic E-state index is 14.6. The van der Waals surface area contributed by atoms with Crippen molar-refractivity contribution < 1.29 is 24.5 Å². The summed E-state index contributed by atoms with van der Waals surface area (Å²) >= 11 is 4.12. The van der Waals surface area contributed by atoms with E-state index in [1.165, 1.54) is 17.6 Å². The average molecular weight is 494 g/mol. The van der Waals surface area contributed by atoms with Crippen molar-refractivity contribution in [2.75, 3.05) is 36.4 Å². The number of aromatic nitrogens is 1. The van der Waals surface area contributed by atoms with Crippen LogP contribution < -0.4 is 15.5 Å². The first-order valence-corrected chi connectivity index (χ1v) is 11.8. The molecule has 1 aromatic carbocycles. The quantitative estimate of drug-likeness (QED) is 0.436. The van der Waals surface area contributed by atoms with Crippen LogP contribution >= 0.6 is 0 Å². The number of hydrogen-bond acceptors (Lipinski definition) is 6. The van der Waals surface area contributed by atoms with Crippen LogP contribution in [0.25, 0.3) is 0 Å². The molecule has 1 aromatic heterocycles. The number of anilines is 2. The van der Waals surface area contributed by atoms with E-state index >= 15 is 0 Å². The number of carbonyl (C=O) groups excluding carboxylic acids is 1. The molecule has 0 spiro atoms. The van der Waals surface area contributed by atoms with Gasteiger partial charge in [0.25, 0.3) is 5.91 Å². The maximum absolute atomic E-state index is 14.6. The van der Waals surface area contributed by atoms with Crippen LogP contribution in [-0.4, -0.2) is 59.3 Å². The Balaban J connectivity index is 1.33. The Morgan fingerprint density at radius 2 is 2.09 bits per heavy atom. The van der Waals surface area contributed by atoms with Gasteiger partial charge < -0.3 is 5.32 Å². The first-order chi connectivity index (χ1) is 16.1. The fourth-order valence-electron chi connectivity index (χ4n) is 4.08. The number of hydrogen-bond donors (Lipinski definition) is 2. The van der Waals surface area contributed by atoms with E-state index in [9.17, 15) is 9.18 Å². The molecule has 177 valence electrons. The second kappa shape index (κ2) is 11.0. The minimum atomic E-state index is -0.384. The van der Waals surface area contributed by atoms with Crippen molar-refractivity contribution in [2.24, 2.45) is 4.99 Å². The molecule has 2 aromatic rings. The summed E-state index contributed by atoms with van der Waals surface area (Å²) in [6.07, 6.45) is 7.70. The van der Waals surface area contributed by atoms with Crippen LogP contribution in [-0.2, 0) is 21.8 Å². The molecule has 4 rings (SSSR count). The second-order valence-corrected chi connectivity index (χ2v) is 8.62. The zero-order valence-electron chi connectivity index (χ0n) is 18.6. The molecule has 1 aliphatic heterocycles. The summed E-state index contributed by atoms with van der Waals surface area (Å²) in [6, 6.07) is 7.49. The Kier molecular flexibility index (Phi) is 7.84.